The lowest BCUT2D eigenvalue weighted by Gasteiger charge is -2.05. The Morgan fingerprint density at radius 2 is 1.36 bits per heavy atom. The van der Waals surface area contributed by atoms with Crippen LogP contribution in [0.3, 0.4) is 0 Å². The number of nitrogens with zero attached hydrogens (tertiary/aromatic N) is 3. The summed E-state index contributed by atoms with van der Waals surface area (Å²) >= 11 is 0. The average Bonchev–Trinajstić information content (AvgIpc) is 2.65. The summed E-state index contributed by atoms with van der Waals surface area (Å²) in [5, 5.41) is 32.0. The van der Waals surface area contributed by atoms with E-state index in [1.807, 2.05) is 30.3 Å². The highest BCUT2D eigenvalue weighted by Crippen LogP contribution is 2.26. The van der Waals surface area contributed by atoms with Crippen LogP contribution >= 0.6 is 0 Å². The van der Waals surface area contributed by atoms with Crippen LogP contribution in [0.15, 0.2) is 94.2 Å². The van der Waals surface area contributed by atoms with Crippen molar-refractivity contribution in [2.75, 3.05) is 5.43 Å². The second kappa shape index (κ2) is 7.74. The Hall–Kier alpha value is -3.67. The van der Waals surface area contributed by atoms with E-state index in [0.717, 1.165) is 5.56 Å². The summed E-state index contributed by atoms with van der Waals surface area (Å²) in [6.07, 6.45) is 0. The summed E-state index contributed by atoms with van der Waals surface area (Å²) in [6.45, 7) is 0. The number of hydrogen-bond acceptors (Lipinski definition) is 5. The monoisotopic (exact) mass is 332 g/mol. The summed E-state index contributed by atoms with van der Waals surface area (Å²) < 4.78 is 0. The van der Waals surface area contributed by atoms with Crippen molar-refractivity contribution in [2.24, 2.45) is 15.3 Å². The van der Waals surface area contributed by atoms with E-state index in [9.17, 15) is 10.2 Å². The molecule has 3 N–H and O–H groups in total. The van der Waals surface area contributed by atoms with E-state index < -0.39 is 0 Å². The summed E-state index contributed by atoms with van der Waals surface area (Å²) in [7, 11) is 0. The Morgan fingerprint density at radius 3 is 2.08 bits per heavy atom. The number of amidine groups is 1. The number of aromatic hydroxyl groups is 2. The van der Waals surface area contributed by atoms with E-state index in [-0.39, 0.29) is 11.5 Å². The zero-order valence-electron chi connectivity index (χ0n) is 13.2. The average molecular weight is 332 g/mol. The van der Waals surface area contributed by atoms with Crippen LogP contribution in [-0.2, 0) is 0 Å². The molecule has 0 radical (unpaired) electrons. The molecule has 6 heteroatoms. The number of para-hydroxylation sites is 3. The van der Waals surface area contributed by atoms with Gasteiger partial charge in [0.2, 0.25) is 5.84 Å². The molecule has 0 atom stereocenters. The molecule has 0 spiro atoms. The van der Waals surface area contributed by atoms with Gasteiger partial charge in [-0.15, -0.1) is 10.2 Å². The topological polar surface area (TPSA) is 89.6 Å². The lowest BCUT2D eigenvalue weighted by Crippen LogP contribution is -2.01. The molecule has 3 aromatic rings. The van der Waals surface area contributed by atoms with Gasteiger partial charge in [0.25, 0.3) is 0 Å². The van der Waals surface area contributed by atoms with Gasteiger partial charge in [0.05, 0.1) is 5.69 Å². The zero-order chi connectivity index (χ0) is 17.5. The maximum atomic E-state index is 9.82. The lowest BCUT2D eigenvalue weighted by molar-refractivity contribution is 0.476. The molecular weight excluding hydrogens is 316 g/mol. The molecular formula is C19H16N4O2. The van der Waals surface area contributed by atoms with E-state index in [1.54, 1.807) is 42.5 Å². The van der Waals surface area contributed by atoms with Crippen molar-refractivity contribution in [3.63, 3.8) is 0 Å². The minimum absolute atomic E-state index is 0.0346. The largest absolute Gasteiger partial charge is 0.506 e. The Balaban J connectivity index is 1.92. The van der Waals surface area contributed by atoms with Gasteiger partial charge in [-0.2, -0.15) is 5.10 Å². The van der Waals surface area contributed by atoms with Gasteiger partial charge < -0.3 is 10.2 Å². The molecule has 3 rings (SSSR count). The number of phenols is 2. The number of phenolic OH excluding ortho intramolecular Hbond substituents is 2. The number of rotatable bonds is 4. The third kappa shape index (κ3) is 4.20. The maximum absolute atomic E-state index is 9.82. The highest BCUT2D eigenvalue weighted by Gasteiger charge is 2.05. The van der Waals surface area contributed by atoms with Crippen LogP contribution in [0.4, 0.5) is 11.4 Å². The molecule has 3 aromatic carbocycles. The highest BCUT2D eigenvalue weighted by molar-refractivity contribution is 5.99. The molecule has 0 amide bonds. The van der Waals surface area contributed by atoms with E-state index in [4.69, 9.17) is 0 Å². The van der Waals surface area contributed by atoms with Gasteiger partial charge in [-0.3, -0.25) is 5.43 Å². The maximum Gasteiger partial charge on any atom is 0.201 e. The fraction of sp³-hybridized carbons (Fsp3) is 0. The van der Waals surface area contributed by atoms with Crippen LogP contribution in [0.25, 0.3) is 0 Å². The predicted molar refractivity (Wildman–Crippen MR) is 97.3 cm³/mol. The molecule has 124 valence electrons. The molecule has 0 aliphatic rings. The minimum Gasteiger partial charge on any atom is -0.506 e. The van der Waals surface area contributed by atoms with E-state index in [0.29, 0.717) is 17.2 Å². The first kappa shape index (κ1) is 16.2. The first-order valence-corrected chi connectivity index (χ1v) is 7.61. The molecule has 0 aliphatic heterocycles. The second-order valence-electron chi connectivity index (χ2n) is 5.12. The van der Waals surface area contributed by atoms with Crippen LogP contribution in [0.2, 0.25) is 0 Å². The summed E-state index contributed by atoms with van der Waals surface area (Å²) in [5.41, 5.74) is 4.32. The molecule has 0 saturated carbocycles. The van der Waals surface area contributed by atoms with Crippen molar-refractivity contribution in [3.8, 4) is 11.5 Å². The normalized spacial score (nSPS) is 11.6. The van der Waals surface area contributed by atoms with Gasteiger partial charge in [0.1, 0.15) is 17.2 Å². The van der Waals surface area contributed by atoms with E-state index in [1.165, 1.54) is 6.07 Å². The number of hydrazone groups is 1. The molecule has 0 fully saturated rings. The molecule has 6 nitrogen and oxygen atoms in total. The second-order valence-corrected chi connectivity index (χ2v) is 5.12. The number of hydrogen-bond donors (Lipinski definition) is 3. The molecule has 25 heavy (non-hydrogen) atoms. The Morgan fingerprint density at radius 1 is 0.720 bits per heavy atom. The lowest BCUT2D eigenvalue weighted by atomic mass is 10.2. The van der Waals surface area contributed by atoms with Gasteiger partial charge in [-0.25, -0.2) is 0 Å². The standard InChI is InChI=1S/C19H16N4O2/c24-17-12-6-4-10-15(17)20-22-19(14-8-2-1-3-9-14)23-21-16-11-5-7-13-18(16)25/h1-13,20,24-25H/b22-19-,23-21?. The first-order chi connectivity index (χ1) is 12.2. The number of azo groups is 1. The Bertz CT molecular complexity index is 908. The Labute approximate surface area is 144 Å². The predicted octanol–water partition coefficient (Wildman–Crippen LogP) is 4.66. The van der Waals surface area contributed by atoms with E-state index in [2.05, 4.69) is 20.8 Å². The third-order valence-electron chi connectivity index (χ3n) is 3.35. The van der Waals surface area contributed by atoms with Crippen molar-refractivity contribution in [2.45, 2.75) is 0 Å². The highest BCUT2D eigenvalue weighted by atomic mass is 16.3. The van der Waals surface area contributed by atoms with Crippen molar-refractivity contribution in [1.82, 2.24) is 0 Å². The minimum atomic E-state index is 0.0346. The SMILES string of the molecule is Oc1ccccc1N=N/C(=N\Nc1ccccc1O)c1ccccc1. The molecule has 0 saturated heterocycles. The Kier molecular flexibility index (Phi) is 5.01. The number of benzene rings is 3. The number of nitrogens with one attached hydrogen (secondary N) is 1. The van der Waals surface area contributed by atoms with Crippen molar-refractivity contribution >= 4 is 17.2 Å². The summed E-state index contributed by atoms with van der Waals surface area (Å²) in [4.78, 5) is 0. The fourth-order valence-corrected chi connectivity index (χ4v) is 2.06. The van der Waals surface area contributed by atoms with Crippen LogP contribution in [0, 0.1) is 0 Å². The van der Waals surface area contributed by atoms with Crippen molar-refractivity contribution < 1.29 is 10.2 Å². The first-order valence-electron chi connectivity index (χ1n) is 7.61. The van der Waals surface area contributed by atoms with Gasteiger partial charge in [0, 0.05) is 5.56 Å². The van der Waals surface area contributed by atoms with Gasteiger partial charge in [-0.1, -0.05) is 54.6 Å². The van der Waals surface area contributed by atoms with Crippen molar-refractivity contribution in [1.29, 1.82) is 0 Å². The molecule has 0 bridgehead atoms. The quantitative estimate of drug-likeness (QED) is 0.213. The molecule has 0 aromatic heterocycles. The molecule has 0 heterocycles. The molecule has 0 unspecified atom stereocenters. The van der Waals surface area contributed by atoms with Gasteiger partial charge in [0.15, 0.2) is 0 Å². The smallest absolute Gasteiger partial charge is 0.201 e. The molecule has 0 aliphatic carbocycles. The van der Waals surface area contributed by atoms with Crippen LogP contribution in [-0.4, -0.2) is 16.0 Å². The van der Waals surface area contributed by atoms with E-state index >= 15 is 0 Å². The summed E-state index contributed by atoms with van der Waals surface area (Å²) in [6, 6.07) is 22.7. The fourth-order valence-electron chi connectivity index (χ4n) is 2.06. The van der Waals surface area contributed by atoms with Crippen LogP contribution in [0.5, 0.6) is 11.5 Å². The number of anilines is 1. The van der Waals surface area contributed by atoms with Crippen LogP contribution < -0.4 is 5.43 Å². The zero-order valence-corrected chi connectivity index (χ0v) is 13.2. The van der Waals surface area contributed by atoms with Crippen LogP contribution in [0.1, 0.15) is 5.56 Å². The van der Waals surface area contributed by atoms with Gasteiger partial charge in [-0.05, 0) is 24.3 Å². The van der Waals surface area contributed by atoms with Crippen molar-refractivity contribution in [3.05, 3.63) is 84.4 Å². The summed E-state index contributed by atoms with van der Waals surface area (Å²) in [5.74, 6) is 0.427. The third-order valence-corrected chi connectivity index (χ3v) is 3.35. The van der Waals surface area contributed by atoms with Gasteiger partial charge >= 0.3 is 0 Å².